The number of nitrogens with zero attached hydrogens (tertiary/aromatic N) is 3. The number of morpholine rings is 1. The maximum atomic E-state index is 12.7. The van der Waals surface area contributed by atoms with Crippen molar-refractivity contribution in [1.82, 2.24) is 14.7 Å². The summed E-state index contributed by atoms with van der Waals surface area (Å²) in [5, 5.41) is 0. The van der Waals surface area contributed by atoms with Gasteiger partial charge in [-0.3, -0.25) is 14.4 Å². The second-order valence-corrected chi connectivity index (χ2v) is 6.27. The van der Waals surface area contributed by atoms with Gasteiger partial charge in [-0.2, -0.15) is 0 Å². The van der Waals surface area contributed by atoms with Crippen LogP contribution in [0.3, 0.4) is 0 Å². The molecule has 0 aromatic heterocycles. The molecule has 0 bridgehead atoms. The molecule has 23 heavy (non-hydrogen) atoms. The van der Waals surface area contributed by atoms with Gasteiger partial charge in [0.2, 0.25) is 17.7 Å². The number of hydrogen-bond donors (Lipinski definition) is 1. The molecule has 0 spiro atoms. The molecular weight excluding hydrogens is 300 g/mol. The molecule has 0 saturated carbocycles. The Hall–Kier alpha value is -1.67. The lowest BCUT2D eigenvalue weighted by atomic mass is 10.1. The highest BCUT2D eigenvalue weighted by Gasteiger charge is 2.37. The van der Waals surface area contributed by atoms with Gasteiger partial charge in [-0.05, 0) is 14.0 Å². The number of primary amides is 1. The Bertz CT molecular complexity index is 470. The number of carbonyl (C=O) groups excluding carboxylic acids is 3. The van der Waals surface area contributed by atoms with E-state index >= 15 is 0 Å². The van der Waals surface area contributed by atoms with E-state index in [9.17, 15) is 14.4 Å². The minimum absolute atomic E-state index is 0.0153. The Morgan fingerprint density at radius 1 is 1.39 bits per heavy atom. The van der Waals surface area contributed by atoms with E-state index in [1.807, 2.05) is 14.0 Å². The Labute approximate surface area is 136 Å². The van der Waals surface area contributed by atoms with Crippen LogP contribution in [-0.4, -0.2) is 91.4 Å². The predicted octanol–water partition coefficient (Wildman–Crippen LogP) is -1.50. The number of nitrogens with two attached hydrogens (primary N) is 1. The maximum Gasteiger partial charge on any atom is 0.237 e. The molecule has 0 radical (unpaired) electrons. The van der Waals surface area contributed by atoms with Gasteiger partial charge in [-0.15, -0.1) is 0 Å². The van der Waals surface area contributed by atoms with Gasteiger partial charge in [0.15, 0.2) is 0 Å². The van der Waals surface area contributed by atoms with Crippen LogP contribution in [0.4, 0.5) is 0 Å². The molecule has 2 heterocycles. The summed E-state index contributed by atoms with van der Waals surface area (Å²) in [6, 6.07) is 0. The zero-order valence-corrected chi connectivity index (χ0v) is 13.9. The van der Waals surface area contributed by atoms with E-state index < -0.39 is 11.8 Å². The van der Waals surface area contributed by atoms with Gasteiger partial charge in [0, 0.05) is 39.1 Å². The molecule has 2 saturated heterocycles. The third-order valence-electron chi connectivity index (χ3n) is 4.37. The Morgan fingerprint density at radius 3 is 2.70 bits per heavy atom. The molecule has 3 amide bonds. The number of carbonyl (C=O) groups is 3. The van der Waals surface area contributed by atoms with Crippen molar-refractivity contribution >= 4 is 17.7 Å². The third kappa shape index (κ3) is 4.65. The first-order valence-electron chi connectivity index (χ1n) is 8.05. The van der Waals surface area contributed by atoms with Gasteiger partial charge in [0.25, 0.3) is 0 Å². The molecule has 8 nitrogen and oxygen atoms in total. The molecule has 130 valence electrons. The van der Waals surface area contributed by atoms with Crippen LogP contribution in [-0.2, 0) is 19.1 Å². The van der Waals surface area contributed by atoms with Crippen molar-refractivity contribution in [3.63, 3.8) is 0 Å². The van der Waals surface area contributed by atoms with E-state index in [4.69, 9.17) is 10.5 Å². The molecule has 2 atom stereocenters. The smallest absolute Gasteiger partial charge is 0.237 e. The Morgan fingerprint density at radius 2 is 2.13 bits per heavy atom. The lowest BCUT2D eigenvalue weighted by molar-refractivity contribution is -0.141. The van der Waals surface area contributed by atoms with Crippen molar-refractivity contribution in [3.8, 4) is 0 Å². The van der Waals surface area contributed by atoms with Crippen molar-refractivity contribution in [3.05, 3.63) is 0 Å². The van der Waals surface area contributed by atoms with E-state index in [0.717, 1.165) is 6.54 Å². The molecular formula is C15H26N4O4. The van der Waals surface area contributed by atoms with E-state index in [-0.39, 0.29) is 30.9 Å². The highest BCUT2D eigenvalue weighted by Crippen LogP contribution is 2.20. The number of rotatable bonds is 6. The van der Waals surface area contributed by atoms with Gasteiger partial charge in [0.1, 0.15) is 0 Å². The summed E-state index contributed by atoms with van der Waals surface area (Å²) in [5.41, 5.74) is 5.28. The van der Waals surface area contributed by atoms with Crippen LogP contribution in [0.1, 0.15) is 13.3 Å². The van der Waals surface area contributed by atoms with Crippen LogP contribution in [0.2, 0.25) is 0 Å². The molecule has 2 rings (SSSR count). The largest absolute Gasteiger partial charge is 0.374 e. The molecule has 2 N–H and O–H groups in total. The summed E-state index contributed by atoms with van der Waals surface area (Å²) in [5.74, 6) is -1.16. The molecule has 2 aliphatic rings. The second-order valence-electron chi connectivity index (χ2n) is 6.27. The summed E-state index contributed by atoms with van der Waals surface area (Å²) in [7, 11) is 1.99. The standard InChI is InChI=1S/C15H26N4O4/c1-3-18-7-11(6-14(18)21)15(22)19(10-13(16)20)9-12-8-17(2)4-5-23-12/h11-12H,3-10H2,1-2H3,(H2,16,20)/t11-,12+/m0/s1. The molecule has 0 aliphatic carbocycles. The van der Waals surface area contributed by atoms with Crippen LogP contribution in [0, 0.1) is 5.92 Å². The number of ether oxygens (including phenoxy) is 1. The maximum absolute atomic E-state index is 12.7. The average Bonchev–Trinajstić information content (AvgIpc) is 2.86. The fraction of sp³-hybridized carbons (Fsp3) is 0.800. The molecule has 0 aromatic rings. The summed E-state index contributed by atoms with van der Waals surface area (Å²) in [6.07, 6.45) is 0.0596. The predicted molar refractivity (Wildman–Crippen MR) is 83.4 cm³/mol. The zero-order chi connectivity index (χ0) is 17.0. The molecule has 2 fully saturated rings. The van der Waals surface area contributed by atoms with Crippen molar-refractivity contribution in [2.24, 2.45) is 11.7 Å². The molecule has 2 aliphatic heterocycles. The zero-order valence-electron chi connectivity index (χ0n) is 13.9. The lowest BCUT2D eigenvalue weighted by Crippen LogP contribution is -2.50. The lowest BCUT2D eigenvalue weighted by Gasteiger charge is -2.34. The Kier molecular flexibility index (Phi) is 5.95. The van der Waals surface area contributed by atoms with Gasteiger partial charge < -0.3 is 25.2 Å². The van der Waals surface area contributed by atoms with Crippen molar-refractivity contribution in [1.29, 1.82) is 0 Å². The van der Waals surface area contributed by atoms with Crippen molar-refractivity contribution in [2.75, 3.05) is 52.9 Å². The molecule has 0 unspecified atom stereocenters. The normalized spacial score (nSPS) is 25.7. The fourth-order valence-corrected chi connectivity index (χ4v) is 3.14. The van der Waals surface area contributed by atoms with Crippen LogP contribution in [0.25, 0.3) is 0 Å². The monoisotopic (exact) mass is 326 g/mol. The van der Waals surface area contributed by atoms with Crippen molar-refractivity contribution < 1.29 is 19.1 Å². The van der Waals surface area contributed by atoms with E-state index in [2.05, 4.69) is 4.90 Å². The minimum atomic E-state index is -0.556. The first-order chi connectivity index (χ1) is 10.9. The summed E-state index contributed by atoms with van der Waals surface area (Å²) < 4.78 is 5.67. The molecule has 0 aromatic carbocycles. The molecule has 8 heteroatoms. The first kappa shape index (κ1) is 17.7. The Balaban J connectivity index is 2.01. The van der Waals surface area contributed by atoms with E-state index in [1.54, 1.807) is 4.90 Å². The first-order valence-corrected chi connectivity index (χ1v) is 8.05. The summed E-state index contributed by atoms with van der Waals surface area (Å²) >= 11 is 0. The van der Waals surface area contributed by atoms with E-state index in [1.165, 1.54) is 4.90 Å². The summed E-state index contributed by atoms with van der Waals surface area (Å²) in [6.45, 7) is 5.23. The minimum Gasteiger partial charge on any atom is -0.374 e. The van der Waals surface area contributed by atoms with Crippen LogP contribution in [0.15, 0.2) is 0 Å². The highest BCUT2D eigenvalue weighted by atomic mass is 16.5. The second kappa shape index (κ2) is 7.74. The highest BCUT2D eigenvalue weighted by molar-refractivity contribution is 5.91. The van der Waals surface area contributed by atoms with Gasteiger partial charge in [-0.1, -0.05) is 0 Å². The van der Waals surface area contributed by atoms with Crippen LogP contribution < -0.4 is 5.73 Å². The van der Waals surface area contributed by atoms with Gasteiger partial charge in [-0.25, -0.2) is 0 Å². The SMILES string of the molecule is CCN1C[C@@H](C(=O)N(CC(N)=O)C[C@H]2CN(C)CCO2)CC1=O. The number of amides is 3. The number of likely N-dealkylation sites (tertiary alicyclic amines) is 1. The quantitative estimate of drug-likeness (QED) is 0.641. The van der Waals surface area contributed by atoms with Crippen LogP contribution >= 0.6 is 0 Å². The fourth-order valence-electron chi connectivity index (χ4n) is 3.14. The summed E-state index contributed by atoms with van der Waals surface area (Å²) in [4.78, 5) is 41.1. The van der Waals surface area contributed by atoms with Crippen molar-refractivity contribution in [2.45, 2.75) is 19.4 Å². The average molecular weight is 326 g/mol. The number of likely N-dealkylation sites (N-methyl/N-ethyl adjacent to an activating group) is 1. The number of hydrogen-bond acceptors (Lipinski definition) is 5. The third-order valence-corrected chi connectivity index (χ3v) is 4.37. The van der Waals surface area contributed by atoms with Crippen LogP contribution in [0.5, 0.6) is 0 Å². The van der Waals surface area contributed by atoms with Gasteiger partial charge in [0.05, 0.1) is 25.2 Å². The van der Waals surface area contributed by atoms with E-state index in [0.29, 0.717) is 32.8 Å². The van der Waals surface area contributed by atoms with Gasteiger partial charge >= 0.3 is 0 Å². The topological polar surface area (TPSA) is 96.2 Å².